The molecule has 0 amide bonds. The maximum absolute atomic E-state index is 9.89. The van der Waals surface area contributed by atoms with Crippen molar-refractivity contribution in [2.75, 3.05) is 12.5 Å². The minimum Gasteiger partial charge on any atom is -0.361 e. The van der Waals surface area contributed by atoms with Crippen molar-refractivity contribution in [3.8, 4) is 6.07 Å². The number of benzene rings is 1. The lowest BCUT2D eigenvalue weighted by Crippen LogP contribution is -2.54. The summed E-state index contributed by atoms with van der Waals surface area (Å²) in [6.07, 6.45) is 4.78. The lowest BCUT2D eigenvalue weighted by Gasteiger charge is -2.45. The van der Waals surface area contributed by atoms with Crippen LogP contribution in [0, 0.1) is 11.3 Å². The summed E-state index contributed by atoms with van der Waals surface area (Å²) < 4.78 is 6.00. The largest absolute Gasteiger partial charge is 0.361 e. The molecule has 2 aliphatic heterocycles. The molecule has 3 atom stereocenters. The van der Waals surface area contributed by atoms with Gasteiger partial charge in [0.25, 0.3) is 0 Å². The molecule has 0 spiro atoms. The van der Waals surface area contributed by atoms with Gasteiger partial charge in [-0.15, -0.1) is 11.6 Å². The molecule has 0 aromatic heterocycles. The summed E-state index contributed by atoms with van der Waals surface area (Å²) in [5, 5.41) is 9.89. The van der Waals surface area contributed by atoms with Crippen LogP contribution in [0.5, 0.6) is 0 Å². The zero-order chi connectivity index (χ0) is 14.7. The van der Waals surface area contributed by atoms with Crippen LogP contribution < -0.4 is 0 Å². The Morgan fingerprint density at radius 3 is 2.90 bits per heavy atom. The van der Waals surface area contributed by atoms with Crippen molar-refractivity contribution in [1.29, 1.82) is 5.26 Å². The van der Waals surface area contributed by atoms with Crippen LogP contribution in [0.4, 0.5) is 0 Å². The Morgan fingerprint density at radius 2 is 2.19 bits per heavy atom. The van der Waals surface area contributed by atoms with E-state index in [0.717, 1.165) is 32.1 Å². The molecule has 112 valence electrons. The van der Waals surface area contributed by atoms with Gasteiger partial charge in [-0.3, -0.25) is 4.90 Å². The Bertz CT molecular complexity index is 515. The predicted octanol–water partition coefficient (Wildman–Crippen LogP) is 3.85. The third-order valence-corrected chi connectivity index (χ3v) is 5.01. The molecule has 1 aromatic rings. The van der Waals surface area contributed by atoms with E-state index < -0.39 is 5.54 Å². The minimum atomic E-state index is -0.422. The van der Waals surface area contributed by atoms with Gasteiger partial charge in [0.1, 0.15) is 11.8 Å². The Balaban J connectivity index is 1.92. The minimum absolute atomic E-state index is 0.0823. The topological polar surface area (TPSA) is 36.3 Å². The van der Waals surface area contributed by atoms with Crippen LogP contribution in [0.25, 0.3) is 0 Å². The fourth-order valence-corrected chi connectivity index (χ4v) is 3.91. The summed E-state index contributed by atoms with van der Waals surface area (Å²) in [4.78, 5) is 2.33. The highest BCUT2D eigenvalue weighted by Gasteiger charge is 2.50. The molecule has 2 fully saturated rings. The molecule has 1 aromatic carbocycles. The molecular weight excluding hydrogens is 284 g/mol. The summed E-state index contributed by atoms with van der Waals surface area (Å²) >= 11 is 5.88. The fourth-order valence-electron chi connectivity index (χ4n) is 3.77. The zero-order valence-corrected chi connectivity index (χ0v) is 12.9. The molecule has 2 aliphatic rings. The number of rotatable bonds is 4. The lowest BCUT2D eigenvalue weighted by atomic mass is 9.82. The van der Waals surface area contributed by atoms with Crippen LogP contribution in [0.3, 0.4) is 0 Å². The highest BCUT2D eigenvalue weighted by atomic mass is 35.5. The standard InChI is InChI=1S/C17H21ClN2O/c18-11-5-10-17(13-19)9-4-8-16-20(17)15(12-21-16)14-6-2-1-3-7-14/h1-3,6-7,15-16H,4-5,8-12H2/t15-,16+,17+/m0/s1. The third-order valence-electron chi connectivity index (χ3n) is 4.74. The van der Waals surface area contributed by atoms with Crippen LogP contribution in [-0.4, -0.2) is 29.2 Å². The van der Waals surface area contributed by atoms with Crippen molar-refractivity contribution in [2.45, 2.75) is 49.9 Å². The Hall–Kier alpha value is -1.08. The third kappa shape index (κ3) is 2.68. The van der Waals surface area contributed by atoms with Gasteiger partial charge >= 0.3 is 0 Å². The highest BCUT2D eigenvalue weighted by Crippen LogP contribution is 2.45. The van der Waals surface area contributed by atoms with Gasteiger partial charge in [-0.2, -0.15) is 5.26 Å². The zero-order valence-electron chi connectivity index (χ0n) is 12.2. The number of piperidine rings is 1. The van der Waals surface area contributed by atoms with Crippen molar-refractivity contribution in [3.63, 3.8) is 0 Å². The van der Waals surface area contributed by atoms with Gasteiger partial charge in [-0.1, -0.05) is 30.3 Å². The quantitative estimate of drug-likeness (QED) is 0.793. The first-order valence-electron chi connectivity index (χ1n) is 7.73. The molecule has 0 bridgehead atoms. The molecule has 0 N–H and O–H groups in total. The Kier molecular flexibility index (Phi) is 4.49. The van der Waals surface area contributed by atoms with Crippen molar-refractivity contribution in [3.05, 3.63) is 35.9 Å². The second-order valence-corrected chi connectivity index (χ2v) is 6.33. The van der Waals surface area contributed by atoms with Crippen molar-refractivity contribution in [2.24, 2.45) is 0 Å². The number of nitrogens with zero attached hydrogens (tertiary/aromatic N) is 2. The van der Waals surface area contributed by atoms with Gasteiger partial charge in [0, 0.05) is 5.88 Å². The van der Waals surface area contributed by atoms with Crippen LogP contribution in [0.1, 0.15) is 43.7 Å². The molecule has 2 saturated heterocycles. The SMILES string of the molecule is N#C[C@]1(CCCCl)CCC[C@H]2OC[C@@H](c3ccccc3)N21. The Labute approximate surface area is 131 Å². The van der Waals surface area contributed by atoms with Gasteiger partial charge in [0.15, 0.2) is 0 Å². The highest BCUT2D eigenvalue weighted by molar-refractivity contribution is 6.17. The molecule has 2 heterocycles. The number of nitriles is 1. The molecule has 0 aliphatic carbocycles. The summed E-state index contributed by atoms with van der Waals surface area (Å²) in [5.74, 6) is 0.610. The van der Waals surface area contributed by atoms with E-state index >= 15 is 0 Å². The first kappa shape index (κ1) is 14.8. The number of hydrogen-bond acceptors (Lipinski definition) is 3. The van der Waals surface area contributed by atoms with Gasteiger partial charge in [0.2, 0.25) is 0 Å². The molecule has 3 rings (SSSR count). The summed E-state index contributed by atoms with van der Waals surface area (Å²) in [6, 6.07) is 13.2. The van der Waals surface area contributed by atoms with E-state index in [-0.39, 0.29) is 12.3 Å². The maximum Gasteiger partial charge on any atom is 0.112 e. The van der Waals surface area contributed by atoms with Crippen molar-refractivity contribution in [1.82, 2.24) is 4.90 Å². The van der Waals surface area contributed by atoms with E-state index in [9.17, 15) is 5.26 Å². The van der Waals surface area contributed by atoms with E-state index in [0.29, 0.717) is 12.5 Å². The normalized spacial score (nSPS) is 32.6. The van der Waals surface area contributed by atoms with Crippen molar-refractivity contribution >= 4 is 11.6 Å². The lowest BCUT2D eigenvalue weighted by molar-refractivity contribution is -0.0548. The molecule has 21 heavy (non-hydrogen) atoms. The second-order valence-electron chi connectivity index (χ2n) is 5.95. The van der Waals surface area contributed by atoms with E-state index in [1.54, 1.807) is 0 Å². The first-order valence-corrected chi connectivity index (χ1v) is 8.26. The summed E-state index contributed by atoms with van der Waals surface area (Å²) in [5.41, 5.74) is 0.821. The van der Waals surface area contributed by atoms with Gasteiger partial charge in [-0.25, -0.2) is 0 Å². The van der Waals surface area contributed by atoms with E-state index in [2.05, 4.69) is 35.2 Å². The van der Waals surface area contributed by atoms with E-state index in [4.69, 9.17) is 16.3 Å². The van der Waals surface area contributed by atoms with Gasteiger partial charge < -0.3 is 4.74 Å². The number of fused-ring (bicyclic) bond motifs is 1. The predicted molar refractivity (Wildman–Crippen MR) is 82.9 cm³/mol. The molecule has 3 nitrogen and oxygen atoms in total. The second kappa shape index (κ2) is 6.36. The molecule has 0 unspecified atom stereocenters. The van der Waals surface area contributed by atoms with E-state index in [1.165, 1.54) is 5.56 Å². The van der Waals surface area contributed by atoms with Crippen LogP contribution in [0.2, 0.25) is 0 Å². The number of halogens is 1. The van der Waals surface area contributed by atoms with Crippen LogP contribution in [0.15, 0.2) is 30.3 Å². The van der Waals surface area contributed by atoms with Crippen LogP contribution >= 0.6 is 11.6 Å². The average Bonchev–Trinajstić information content (AvgIpc) is 2.99. The van der Waals surface area contributed by atoms with E-state index in [1.807, 2.05) is 6.07 Å². The monoisotopic (exact) mass is 304 g/mol. The van der Waals surface area contributed by atoms with Gasteiger partial charge in [-0.05, 0) is 37.7 Å². The number of ether oxygens (including phenoxy) is 1. The van der Waals surface area contributed by atoms with Gasteiger partial charge in [0.05, 0.1) is 18.7 Å². The molecule has 4 heteroatoms. The summed E-state index contributed by atoms with van der Waals surface area (Å²) in [7, 11) is 0. The summed E-state index contributed by atoms with van der Waals surface area (Å²) in [6.45, 7) is 0.680. The fraction of sp³-hybridized carbons (Fsp3) is 0.588. The number of alkyl halides is 1. The first-order chi connectivity index (χ1) is 10.3. The number of hydrogen-bond donors (Lipinski definition) is 0. The molecule has 0 saturated carbocycles. The van der Waals surface area contributed by atoms with Crippen molar-refractivity contribution < 1.29 is 4.74 Å². The molecular formula is C17H21ClN2O. The Morgan fingerprint density at radius 1 is 1.38 bits per heavy atom. The average molecular weight is 305 g/mol. The molecule has 0 radical (unpaired) electrons. The maximum atomic E-state index is 9.89. The van der Waals surface area contributed by atoms with Crippen LogP contribution in [-0.2, 0) is 4.74 Å². The smallest absolute Gasteiger partial charge is 0.112 e.